The van der Waals surface area contributed by atoms with Crippen molar-refractivity contribution in [2.45, 2.75) is 6.54 Å². The molecule has 2 aromatic rings. The zero-order valence-electron chi connectivity index (χ0n) is 13.8. The van der Waals surface area contributed by atoms with Gasteiger partial charge in [-0.1, -0.05) is 18.2 Å². The standard InChI is InChI=1S/C18H18FN3O4/c1-2-9-22(11-12-3-5-13(19)6-4-12)14-7-8-15(20-17(23)24)16(10-14)21-18(25)26/h2-8,10,20-21H,1,9,11H2,(H,23,24)(H,25,26). The second kappa shape index (κ2) is 8.52. The van der Waals surface area contributed by atoms with Crippen molar-refractivity contribution in [3.05, 3.63) is 66.5 Å². The number of anilines is 3. The summed E-state index contributed by atoms with van der Waals surface area (Å²) in [5.41, 5.74) is 1.72. The van der Waals surface area contributed by atoms with Crippen LogP contribution in [0.5, 0.6) is 0 Å². The third-order valence-electron chi connectivity index (χ3n) is 3.49. The highest BCUT2D eigenvalue weighted by atomic mass is 19.1. The number of benzene rings is 2. The van der Waals surface area contributed by atoms with E-state index >= 15 is 0 Å². The first-order valence-corrected chi connectivity index (χ1v) is 7.63. The fraction of sp³-hybridized carbons (Fsp3) is 0.111. The maximum Gasteiger partial charge on any atom is 0.409 e. The minimum Gasteiger partial charge on any atom is -0.465 e. The monoisotopic (exact) mass is 359 g/mol. The first kappa shape index (κ1) is 18.8. The van der Waals surface area contributed by atoms with Gasteiger partial charge in [0.25, 0.3) is 0 Å². The molecule has 0 aliphatic rings. The van der Waals surface area contributed by atoms with Crippen molar-refractivity contribution in [2.24, 2.45) is 0 Å². The van der Waals surface area contributed by atoms with Crippen LogP contribution in [-0.2, 0) is 6.54 Å². The van der Waals surface area contributed by atoms with Crippen LogP contribution in [-0.4, -0.2) is 28.9 Å². The Kier molecular flexibility index (Phi) is 6.15. The number of halogens is 1. The topological polar surface area (TPSA) is 102 Å². The number of hydrogen-bond donors (Lipinski definition) is 4. The highest BCUT2D eigenvalue weighted by Crippen LogP contribution is 2.29. The van der Waals surface area contributed by atoms with Gasteiger partial charge in [0.15, 0.2) is 0 Å². The van der Waals surface area contributed by atoms with Crippen molar-refractivity contribution in [3.63, 3.8) is 0 Å². The molecule has 0 bridgehead atoms. The van der Waals surface area contributed by atoms with E-state index in [9.17, 15) is 14.0 Å². The summed E-state index contributed by atoms with van der Waals surface area (Å²) in [5.74, 6) is -0.332. The first-order valence-electron chi connectivity index (χ1n) is 7.63. The predicted molar refractivity (Wildman–Crippen MR) is 97.4 cm³/mol. The van der Waals surface area contributed by atoms with E-state index in [-0.39, 0.29) is 17.2 Å². The molecule has 136 valence electrons. The molecule has 0 aliphatic heterocycles. The Hall–Kier alpha value is -3.55. The lowest BCUT2D eigenvalue weighted by Crippen LogP contribution is -2.23. The molecule has 0 spiro atoms. The van der Waals surface area contributed by atoms with Gasteiger partial charge in [-0.25, -0.2) is 14.0 Å². The van der Waals surface area contributed by atoms with Gasteiger partial charge in [0.1, 0.15) is 5.82 Å². The molecule has 0 heterocycles. The van der Waals surface area contributed by atoms with E-state index in [2.05, 4.69) is 17.2 Å². The zero-order valence-corrected chi connectivity index (χ0v) is 13.8. The van der Waals surface area contributed by atoms with Gasteiger partial charge in [0, 0.05) is 18.8 Å². The van der Waals surface area contributed by atoms with Crippen LogP contribution in [0.1, 0.15) is 5.56 Å². The van der Waals surface area contributed by atoms with Crippen LogP contribution in [0.2, 0.25) is 0 Å². The van der Waals surface area contributed by atoms with Crippen molar-refractivity contribution < 1.29 is 24.2 Å². The van der Waals surface area contributed by atoms with Gasteiger partial charge in [-0.05, 0) is 35.9 Å². The van der Waals surface area contributed by atoms with Crippen LogP contribution >= 0.6 is 0 Å². The fourth-order valence-corrected chi connectivity index (χ4v) is 2.40. The lowest BCUT2D eigenvalue weighted by atomic mass is 10.1. The molecule has 2 aromatic carbocycles. The summed E-state index contributed by atoms with van der Waals surface area (Å²) < 4.78 is 13.1. The lowest BCUT2D eigenvalue weighted by Gasteiger charge is -2.25. The Morgan fingerprint density at radius 3 is 2.23 bits per heavy atom. The zero-order chi connectivity index (χ0) is 19.1. The Labute approximate surface area is 149 Å². The molecule has 7 nitrogen and oxygen atoms in total. The average Bonchev–Trinajstić information content (AvgIpc) is 2.57. The molecule has 0 radical (unpaired) electrons. The van der Waals surface area contributed by atoms with Gasteiger partial charge in [-0.15, -0.1) is 6.58 Å². The van der Waals surface area contributed by atoms with Gasteiger partial charge >= 0.3 is 12.2 Å². The molecule has 0 saturated heterocycles. The maximum atomic E-state index is 13.1. The van der Waals surface area contributed by atoms with Crippen LogP contribution in [0.15, 0.2) is 55.1 Å². The fourth-order valence-electron chi connectivity index (χ4n) is 2.40. The largest absolute Gasteiger partial charge is 0.465 e. The van der Waals surface area contributed by atoms with Crippen molar-refractivity contribution in [3.8, 4) is 0 Å². The average molecular weight is 359 g/mol. The normalized spacial score (nSPS) is 10.0. The maximum absolute atomic E-state index is 13.1. The van der Waals surface area contributed by atoms with Crippen LogP contribution in [0.3, 0.4) is 0 Å². The van der Waals surface area contributed by atoms with Crippen molar-refractivity contribution in [2.75, 3.05) is 22.1 Å². The Morgan fingerprint density at radius 2 is 1.65 bits per heavy atom. The van der Waals surface area contributed by atoms with Gasteiger partial charge in [0.2, 0.25) is 0 Å². The van der Waals surface area contributed by atoms with E-state index in [0.717, 1.165) is 5.56 Å². The third-order valence-corrected chi connectivity index (χ3v) is 3.49. The molecule has 0 aliphatic carbocycles. The summed E-state index contributed by atoms with van der Waals surface area (Å²) in [4.78, 5) is 23.7. The second-order valence-electron chi connectivity index (χ2n) is 5.39. The highest BCUT2D eigenvalue weighted by molar-refractivity contribution is 5.95. The molecular weight excluding hydrogens is 341 g/mol. The number of carboxylic acid groups (broad SMARTS) is 2. The third kappa shape index (κ3) is 5.23. The molecule has 2 amide bonds. The second-order valence-corrected chi connectivity index (χ2v) is 5.39. The summed E-state index contributed by atoms with van der Waals surface area (Å²) in [6.45, 7) is 4.60. The summed E-state index contributed by atoms with van der Waals surface area (Å²) >= 11 is 0. The lowest BCUT2D eigenvalue weighted by molar-refractivity contribution is 0.208. The molecule has 0 unspecified atom stereocenters. The number of rotatable bonds is 7. The smallest absolute Gasteiger partial charge is 0.409 e. The van der Waals surface area contributed by atoms with Crippen LogP contribution in [0, 0.1) is 5.82 Å². The molecule has 4 N–H and O–H groups in total. The van der Waals surface area contributed by atoms with Gasteiger partial charge < -0.3 is 15.1 Å². The minimum absolute atomic E-state index is 0.102. The number of amides is 2. The Balaban J connectivity index is 2.34. The van der Waals surface area contributed by atoms with E-state index in [1.807, 2.05) is 4.90 Å². The summed E-state index contributed by atoms with van der Waals surface area (Å²) in [5, 5.41) is 22.2. The van der Waals surface area contributed by atoms with Crippen molar-refractivity contribution in [1.82, 2.24) is 0 Å². The van der Waals surface area contributed by atoms with Crippen molar-refractivity contribution in [1.29, 1.82) is 0 Å². The van der Waals surface area contributed by atoms with E-state index in [0.29, 0.717) is 18.8 Å². The van der Waals surface area contributed by atoms with E-state index in [1.54, 1.807) is 24.3 Å². The summed E-state index contributed by atoms with van der Waals surface area (Å²) in [6.07, 6.45) is -0.943. The SMILES string of the molecule is C=CCN(Cc1ccc(F)cc1)c1ccc(NC(=O)O)c(NC(=O)O)c1. The summed E-state index contributed by atoms with van der Waals surface area (Å²) in [6, 6.07) is 10.7. The molecule has 0 atom stereocenters. The Morgan fingerprint density at radius 1 is 1.04 bits per heavy atom. The van der Waals surface area contributed by atoms with E-state index in [1.165, 1.54) is 24.3 Å². The molecule has 0 saturated carbocycles. The predicted octanol–water partition coefficient (Wildman–Crippen LogP) is 4.20. The molecule has 0 fully saturated rings. The Bertz CT molecular complexity index is 809. The van der Waals surface area contributed by atoms with Gasteiger partial charge in [-0.2, -0.15) is 0 Å². The molecule has 2 rings (SSSR count). The molecular formula is C18H18FN3O4. The van der Waals surface area contributed by atoms with Crippen LogP contribution in [0.4, 0.5) is 31.0 Å². The van der Waals surface area contributed by atoms with Gasteiger partial charge in [-0.3, -0.25) is 10.6 Å². The first-order chi connectivity index (χ1) is 12.4. The quantitative estimate of drug-likeness (QED) is 0.555. The molecule has 0 aromatic heterocycles. The summed E-state index contributed by atoms with van der Waals surface area (Å²) in [7, 11) is 0. The number of hydrogen-bond acceptors (Lipinski definition) is 3. The van der Waals surface area contributed by atoms with E-state index in [4.69, 9.17) is 10.2 Å². The molecule has 26 heavy (non-hydrogen) atoms. The van der Waals surface area contributed by atoms with Crippen molar-refractivity contribution >= 4 is 29.2 Å². The van der Waals surface area contributed by atoms with Crippen LogP contribution < -0.4 is 15.5 Å². The van der Waals surface area contributed by atoms with Crippen LogP contribution in [0.25, 0.3) is 0 Å². The molecule has 8 heteroatoms. The van der Waals surface area contributed by atoms with Gasteiger partial charge in [0.05, 0.1) is 11.4 Å². The van der Waals surface area contributed by atoms with E-state index < -0.39 is 12.2 Å². The number of carbonyl (C=O) groups is 2. The minimum atomic E-state index is -1.32. The number of nitrogens with one attached hydrogen (secondary N) is 2. The highest BCUT2D eigenvalue weighted by Gasteiger charge is 2.13. The number of nitrogens with zero attached hydrogens (tertiary/aromatic N) is 1.